The Morgan fingerprint density at radius 2 is 1.78 bits per heavy atom. The van der Waals surface area contributed by atoms with Crippen molar-refractivity contribution in [2.75, 3.05) is 11.9 Å². The molecule has 0 aliphatic rings. The lowest BCUT2D eigenvalue weighted by Gasteiger charge is -2.21. The number of para-hydroxylation sites is 1. The summed E-state index contributed by atoms with van der Waals surface area (Å²) in [5, 5.41) is 0. The third-order valence-corrected chi connectivity index (χ3v) is 2.84. The summed E-state index contributed by atoms with van der Waals surface area (Å²) in [7, 11) is 1.84. The molecular formula is C15H14FNO. The van der Waals surface area contributed by atoms with Crippen molar-refractivity contribution in [1.82, 2.24) is 0 Å². The van der Waals surface area contributed by atoms with Crippen LogP contribution >= 0.6 is 0 Å². The normalized spacial score (nSPS) is 10.1. The average molecular weight is 243 g/mol. The van der Waals surface area contributed by atoms with Gasteiger partial charge in [0, 0.05) is 30.4 Å². The predicted octanol–water partition coefficient (Wildman–Crippen LogP) is 3.27. The molecule has 0 aromatic heterocycles. The third-order valence-electron chi connectivity index (χ3n) is 2.84. The second-order valence-corrected chi connectivity index (χ2v) is 4.12. The molecule has 0 atom stereocenters. The van der Waals surface area contributed by atoms with Crippen molar-refractivity contribution in [1.29, 1.82) is 0 Å². The molecule has 0 bridgehead atoms. The molecule has 0 saturated heterocycles. The number of carbonyl (C=O) groups excluding carboxylic acids is 1. The maximum atomic E-state index is 13.6. The average Bonchev–Trinajstić information content (AvgIpc) is 2.41. The van der Waals surface area contributed by atoms with E-state index in [0.29, 0.717) is 17.7 Å². The van der Waals surface area contributed by atoms with Gasteiger partial charge in [0.25, 0.3) is 0 Å². The van der Waals surface area contributed by atoms with E-state index in [-0.39, 0.29) is 5.82 Å². The van der Waals surface area contributed by atoms with Crippen molar-refractivity contribution < 1.29 is 9.18 Å². The van der Waals surface area contributed by atoms with Gasteiger partial charge in [0.15, 0.2) is 6.29 Å². The first kappa shape index (κ1) is 12.3. The van der Waals surface area contributed by atoms with Crippen LogP contribution in [0.1, 0.15) is 15.9 Å². The number of aldehydes is 1. The maximum absolute atomic E-state index is 13.6. The third kappa shape index (κ3) is 2.56. The van der Waals surface area contributed by atoms with Crippen molar-refractivity contribution in [3.05, 3.63) is 65.5 Å². The lowest BCUT2D eigenvalue weighted by Crippen LogP contribution is -2.18. The van der Waals surface area contributed by atoms with Crippen LogP contribution in [0.15, 0.2) is 48.5 Å². The molecule has 0 aliphatic heterocycles. The van der Waals surface area contributed by atoms with Crippen molar-refractivity contribution in [2.24, 2.45) is 0 Å². The van der Waals surface area contributed by atoms with E-state index in [1.807, 2.05) is 30.1 Å². The van der Waals surface area contributed by atoms with Crippen LogP contribution in [0.4, 0.5) is 10.1 Å². The second kappa shape index (κ2) is 5.45. The zero-order chi connectivity index (χ0) is 13.0. The zero-order valence-electron chi connectivity index (χ0n) is 10.1. The Balaban J connectivity index is 2.25. The summed E-state index contributed by atoms with van der Waals surface area (Å²) in [6, 6.07) is 13.9. The highest BCUT2D eigenvalue weighted by Crippen LogP contribution is 2.20. The fourth-order valence-corrected chi connectivity index (χ4v) is 1.90. The number of hydrogen-bond acceptors (Lipinski definition) is 2. The standard InChI is InChI=1S/C15H14FNO/c1-17(10-12-6-2-4-8-14(12)16)15-9-5-3-7-13(15)11-18/h2-9,11H,10H2,1H3. The summed E-state index contributed by atoms with van der Waals surface area (Å²) in [5.74, 6) is -0.229. The molecule has 0 saturated carbocycles. The van der Waals surface area contributed by atoms with Crippen LogP contribution in [0, 0.1) is 5.82 Å². The van der Waals surface area contributed by atoms with Gasteiger partial charge >= 0.3 is 0 Å². The van der Waals surface area contributed by atoms with Crippen LogP contribution in [-0.4, -0.2) is 13.3 Å². The number of halogens is 1. The Hall–Kier alpha value is -2.16. The quantitative estimate of drug-likeness (QED) is 0.768. The first-order chi connectivity index (χ1) is 8.72. The molecular weight excluding hydrogens is 229 g/mol. The van der Waals surface area contributed by atoms with Crippen LogP contribution in [0.2, 0.25) is 0 Å². The molecule has 0 spiro atoms. The minimum absolute atomic E-state index is 0.229. The summed E-state index contributed by atoms with van der Waals surface area (Å²) in [4.78, 5) is 12.8. The van der Waals surface area contributed by atoms with E-state index in [4.69, 9.17) is 0 Å². The highest BCUT2D eigenvalue weighted by molar-refractivity contribution is 5.84. The van der Waals surface area contributed by atoms with Gasteiger partial charge in [-0.15, -0.1) is 0 Å². The smallest absolute Gasteiger partial charge is 0.152 e. The molecule has 2 aromatic rings. The van der Waals surface area contributed by atoms with Crippen LogP contribution < -0.4 is 4.90 Å². The fraction of sp³-hybridized carbons (Fsp3) is 0.133. The van der Waals surface area contributed by atoms with E-state index in [2.05, 4.69) is 0 Å². The molecule has 2 nitrogen and oxygen atoms in total. The molecule has 0 N–H and O–H groups in total. The molecule has 0 heterocycles. The maximum Gasteiger partial charge on any atom is 0.152 e. The molecule has 0 radical (unpaired) electrons. The van der Waals surface area contributed by atoms with Crippen molar-refractivity contribution in [3.63, 3.8) is 0 Å². The summed E-state index contributed by atoms with van der Waals surface area (Å²) >= 11 is 0. The monoisotopic (exact) mass is 243 g/mol. The van der Waals surface area contributed by atoms with Crippen LogP contribution in [0.3, 0.4) is 0 Å². The Bertz CT molecular complexity index is 554. The Morgan fingerprint density at radius 3 is 2.50 bits per heavy atom. The van der Waals surface area contributed by atoms with Gasteiger partial charge < -0.3 is 4.90 Å². The van der Waals surface area contributed by atoms with Gasteiger partial charge in [-0.1, -0.05) is 30.3 Å². The van der Waals surface area contributed by atoms with Crippen molar-refractivity contribution in [3.8, 4) is 0 Å². The Labute approximate surface area is 106 Å². The molecule has 92 valence electrons. The van der Waals surface area contributed by atoms with Gasteiger partial charge in [0.2, 0.25) is 0 Å². The number of rotatable bonds is 4. The summed E-state index contributed by atoms with van der Waals surface area (Å²) in [5.41, 5.74) is 2.02. The van der Waals surface area contributed by atoms with Gasteiger partial charge in [-0.3, -0.25) is 4.79 Å². The van der Waals surface area contributed by atoms with Crippen LogP contribution in [0.25, 0.3) is 0 Å². The number of carbonyl (C=O) groups is 1. The van der Waals surface area contributed by atoms with Gasteiger partial charge in [-0.2, -0.15) is 0 Å². The molecule has 2 rings (SSSR count). The molecule has 18 heavy (non-hydrogen) atoms. The molecule has 0 aliphatic carbocycles. The van der Waals surface area contributed by atoms with Crippen LogP contribution in [-0.2, 0) is 6.54 Å². The second-order valence-electron chi connectivity index (χ2n) is 4.12. The first-order valence-electron chi connectivity index (χ1n) is 5.71. The number of benzene rings is 2. The summed E-state index contributed by atoms with van der Waals surface area (Å²) in [6.45, 7) is 0.428. The highest BCUT2D eigenvalue weighted by atomic mass is 19.1. The number of hydrogen-bond donors (Lipinski definition) is 0. The van der Waals surface area contributed by atoms with E-state index < -0.39 is 0 Å². The van der Waals surface area contributed by atoms with Gasteiger partial charge in [-0.05, 0) is 18.2 Å². The van der Waals surface area contributed by atoms with Gasteiger partial charge in [-0.25, -0.2) is 4.39 Å². The SMILES string of the molecule is CN(Cc1ccccc1F)c1ccccc1C=O. The Kier molecular flexibility index (Phi) is 3.72. The molecule has 2 aromatic carbocycles. The minimum atomic E-state index is -0.229. The molecule has 0 fully saturated rings. The van der Waals surface area contributed by atoms with E-state index in [1.165, 1.54) is 6.07 Å². The van der Waals surface area contributed by atoms with E-state index in [9.17, 15) is 9.18 Å². The lowest BCUT2D eigenvalue weighted by molar-refractivity contribution is 0.112. The molecule has 0 amide bonds. The largest absolute Gasteiger partial charge is 0.370 e. The predicted molar refractivity (Wildman–Crippen MR) is 70.3 cm³/mol. The van der Waals surface area contributed by atoms with Gasteiger partial charge in [0.1, 0.15) is 5.82 Å². The van der Waals surface area contributed by atoms with E-state index in [0.717, 1.165) is 12.0 Å². The highest BCUT2D eigenvalue weighted by Gasteiger charge is 2.09. The topological polar surface area (TPSA) is 20.3 Å². The van der Waals surface area contributed by atoms with Crippen molar-refractivity contribution in [2.45, 2.75) is 6.54 Å². The fourth-order valence-electron chi connectivity index (χ4n) is 1.90. The van der Waals surface area contributed by atoms with Crippen LogP contribution in [0.5, 0.6) is 0 Å². The molecule has 0 unspecified atom stereocenters. The Morgan fingerprint density at radius 1 is 1.11 bits per heavy atom. The zero-order valence-corrected chi connectivity index (χ0v) is 10.1. The summed E-state index contributed by atoms with van der Waals surface area (Å²) in [6.07, 6.45) is 0.813. The van der Waals surface area contributed by atoms with E-state index >= 15 is 0 Å². The minimum Gasteiger partial charge on any atom is -0.370 e. The summed E-state index contributed by atoms with van der Waals surface area (Å²) < 4.78 is 13.6. The number of anilines is 1. The van der Waals surface area contributed by atoms with Gasteiger partial charge in [0.05, 0.1) is 0 Å². The lowest BCUT2D eigenvalue weighted by atomic mass is 10.1. The first-order valence-corrected chi connectivity index (χ1v) is 5.71. The number of nitrogens with zero attached hydrogens (tertiary/aromatic N) is 1. The molecule has 3 heteroatoms. The van der Waals surface area contributed by atoms with E-state index in [1.54, 1.807) is 24.3 Å². The van der Waals surface area contributed by atoms with Crippen molar-refractivity contribution >= 4 is 12.0 Å².